The van der Waals surface area contributed by atoms with Gasteiger partial charge in [-0.3, -0.25) is 14.4 Å². The van der Waals surface area contributed by atoms with E-state index in [1.807, 2.05) is 0 Å². The molecule has 1 saturated carbocycles. The van der Waals surface area contributed by atoms with Crippen molar-refractivity contribution >= 4 is 28.9 Å². The van der Waals surface area contributed by atoms with Crippen molar-refractivity contribution in [1.29, 1.82) is 0 Å². The Hall–Kier alpha value is -3.37. The maximum absolute atomic E-state index is 13.5. The number of phenolic OH excluding ortho intramolecular Hbond substituents is 1. The quantitative estimate of drug-likeness (QED) is 0.392. The molecule has 1 aliphatic heterocycles. The fourth-order valence-corrected chi connectivity index (χ4v) is 5.71. The number of ketones is 2. The Bertz CT molecular complexity index is 1160. The molecule has 5 rings (SSSR count). The van der Waals surface area contributed by atoms with E-state index in [4.69, 9.17) is 10.5 Å². The number of phenols is 1. The largest absolute Gasteiger partial charge is 0.508 e. The van der Waals surface area contributed by atoms with Gasteiger partial charge in [-0.25, -0.2) is 0 Å². The summed E-state index contributed by atoms with van der Waals surface area (Å²) >= 11 is 0. The number of Topliss-reactive ketones (excluding diaryl/α,β-unsaturated/α-hetero) is 2. The number of aliphatic hydroxyl groups excluding tert-OH is 2. The van der Waals surface area contributed by atoms with E-state index in [2.05, 4.69) is 4.90 Å². The summed E-state index contributed by atoms with van der Waals surface area (Å²) in [6.07, 6.45) is 0.0644. The minimum Gasteiger partial charge on any atom is -0.508 e. The molecule has 174 valence electrons. The van der Waals surface area contributed by atoms with E-state index in [0.29, 0.717) is 31.9 Å². The standard InChI is InChI=1S/C23H24N2O8/c24-22(31)18-15(27)9-11-7-10-8-12-13(25-3-5-33-6-4-25)1-2-14(26)17(12)19(28)16(10)20(29)23(11,32)21(18)30/h1-2,10-11,26,28,30,32H,3-9H2,(H2,24,31). The van der Waals surface area contributed by atoms with Gasteiger partial charge in [0.15, 0.2) is 11.4 Å². The number of hydrogen-bond acceptors (Lipinski definition) is 9. The van der Waals surface area contributed by atoms with Crippen molar-refractivity contribution < 1.29 is 39.5 Å². The number of fused-ring (bicyclic) bond motifs is 3. The Labute approximate surface area is 188 Å². The van der Waals surface area contributed by atoms with Crippen LogP contribution in [0.3, 0.4) is 0 Å². The molecule has 3 atom stereocenters. The van der Waals surface area contributed by atoms with Crippen LogP contribution in [0.25, 0.3) is 5.76 Å². The van der Waals surface area contributed by atoms with Crippen LogP contribution >= 0.6 is 0 Å². The summed E-state index contributed by atoms with van der Waals surface area (Å²) in [6, 6.07) is 3.20. The summed E-state index contributed by atoms with van der Waals surface area (Å²) in [6.45, 7) is 2.33. The molecular formula is C23H24N2O8. The van der Waals surface area contributed by atoms with Crippen LogP contribution in [0.15, 0.2) is 29.0 Å². The number of nitrogens with two attached hydrogens (primary N) is 1. The number of morpholine rings is 1. The van der Waals surface area contributed by atoms with Gasteiger partial charge in [0.05, 0.1) is 18.8 Å². The molecule has 1 heterocycles. The molecule has 3 unspecified atom stereocenters. The second-order valence-corrected chi connectivity index (χ2v) is 8.96. The van der Waals surface area contributed by atoms with Crippen LogP contribution in [0.1, 0.15) is 24.0 Å². The number of anilines is 1. The highest BCUT2D eigenvalue weighted by Crippen LogP contribution is 2.53. The molecule has 1 aromatic rings. The third kappa shape index (κ3) is 2.90. The zero-order chi connectivity index (χ0) is 23.7. The summed E-state index contributed by atoms with van der Waals surface area (Å²) in [7, 11) is 0. The number of rotatable bonds is 2. The first-order valence-electron chi connectivity index (χ1n) is 10.8. The van der Waals surface area contributed by atoms with Crippen molar-refractivity contribution in [2.45, 2.75) is 24.9 Å². The van der Waals surface area contributed by atoms with Gasteiger partial charge in [0, 0.05) is 36.7 Å². The second-order valence-electron chi connectivity index (χ2n) is 8.96. The minimum absolute atomic E-state index is 0.103. The highest BCUT2D eigenvalue weighted by atomic mass is 16.5. The smallest absolute Gasteiger partial charge is 0.255 e. The summed E-state index contributed by atoms with van der Waals surface area (Å²) in [4.78, 5) is 39.7. The van der Waals surface area contributed by atoms with Gasteiger partial charge in [-0.05, 0) is 36.5 Å². The zero-order valence-electron chi connectivity index (χ0n) is 17.7. The lowest BCUT2D eigenvalue weighted by Gasteiger charge is -2.46. The lowest BCUT2D eigenvalue weighted by Crippen LogP contribution is -2.58. The lowest BCUT2D eigenvalue weighted by atomic mass is 9.59. The third-order valence-corrected chi connectivity index (χ3v) is 7.27. The predicted molar refractivity (Wildman–Crippen MR) is 114 cm³/mol. The van der Waals surface area contributed by atoms with Crippen molar-refractivity contribution in [3.8, 4) is 5.75 Å². The summed E-state index contributed by atoms with van der Waals surface area (Å²) in [5.74, 6) is -6.26. The number of carbonyl (C=O) groups is 3. The van der Waals surface area contributed by atoms with Crippen LogP contribution in [0.5, 0.6) is 5.75 Å². The number of aliphatic hydroxyl groups is 3. The molecule has 0 spiro atoms. The highest BCUT2D eigenvalue weighted by molar-refractivity contribution is 6.22. The molecule has 33 heavy (non-hydrogen) atoms. The van der Waals surface area contributed by atoms with Crippen LogP contribution in [-0.4, -0.2) is 69.8 Å². The number of nitrogens with zero attached hydrogens (tertiary/aromatic N) is 1. The molecule has 6 N–H and O–H groups in total. The Balaban J connectivity index is 1.66. The normalized spacial score (nSPS) is 29.5. The Morgan fingerprint density at radius 3 is 2.48 bits per heavy atom. The van der Waals surface area contributed by atoms with Gasteiger partial charge in [0.1, 0.15) is 22.8 Å². The number of aromatic hydroxyl groups is 1. The summed E-state index contributed by atoms with van der Waals surface area (Å²) in [5, 5.41) is 43.5. The molecular weight excluding hydrogens is 432 g/mol. The highest BCUT2D eigenvalue weighted by Gasteiger charge is 2.60. The molecule has 0 radical (unpaired) electrons. The van der Waals surface area contributed by atoms with Crippen LogP contribution in [0.2, 0.25) is 0 Å². The molecule has 1 amide bonds. The van der Waals surface area contributed by atoms with Crippen molar-refractivity contribution in [1.82, 2.24) is 0 Å². The van der Waals surface area contributed by atoms with Crippen molar-refractivity contribution in [2.75, 3.05) is 31.2 Å². The van der Waals surface area contributed by atoms with Crippen molar-refractivity contribution in [3.05, 3.63) is 40.2 Å². The minimum atomic E-state index is -2.55. The molecule has 1 aromatic carbocycles. The third-order valence-electron chi connectivity index (χ3n) is 7.27. The number of carbonyl (C=O) groups excluding carboxylic acids is 3. The summed E-state index contributed by atoms with van der Waals surface area (Å²) in [5.41, 5.74) is 3.29. The number of amides is 1. The summed E-state index contributed by atoms with van der Waals surface area (Å²) < 4.78 is 5.41. The molecule has 0 bridgehead atoms. The molecule has 3 aliphatic carbocycles. The van der Waals surface area contributed by atoms with Gasteiger partial charge in [-0.1, -0.05) is 0 Å². The van der Waals surface area contributed by atoms with Gasteiger partial charge in [0.25, 0.3) is 5.91 Å². The van der Waals surface area contributed by atoms with E-state index >= 15 is 0 Å². The molecule has 0 aromatic heterocycles. The monoisotopic (exact) mass is 456 g/mol. The average Bonchev–Trinajstić information content (AvgIpc) is 2.76. The van der Waals surface area contributed by atoms with Crippen LogP contribution in [0, 0.1) is 11.8 Å². The Morgan fingerprint density at radius 2 is 1.82 bits per heavy atom. The maximum Gasteiger partial charge on any atom is 0.255 e. The van der Waals surface area contributed by atoms with Crippen LogP contribution in [0.4, 0.5) is 5.69 Å². The zero-order valence-corrected chi connectivity index (χ0v) is 17.7. The average molecular weight is 456 g/mol. The molecule has 10 heteroatoms. The Kier molecular flexibility index (Phi) is 4.77. The van der Waals surface area contributed by atoms with E-state index in [1.54, 1.807) is 6.07 Å². The fraction of sp³-hybridized carbons (Fsp3) is 0.435. The van der Waals surface area contributed by atoms with Gasteiger partial charge in [0.2, 0.25) is 5.78 Å². The number of hydrogen-bond donors (Lipinski definition) is 5. The van der Waals surface area contributed by atoms with Crippen LogP contribution < -0.4 is 10.6 Å². The molecule has 1 saturated heterocycles. The SMILES string of the molecule is NC(=O)C1=C(O)C2(O)C(=O)C3=C(O)c4c(O)ccc(N5CCOCC5)c4CC3CC2CC1=O. The second kappa shape index (κ2) is 7.32. The van der Waals surface area contributed by atoms with Crippen LogP contribution in [-0.2, 0) is 25.5 Å². The first kappa shape index (κ1) is 21.5. The maximum atomic E-state index is 13.5. The first-order chi connectivity index (χ1) is 15.7. The fourth-order valence-electron chi connectivity index (χ4n) is 5.71. The topological polar surface area (TPSA) is 171 Å². The van der Waals surface area contributed by atoms with Gasteiger partial charge in [-0.15, -0.1) is 0 Å². The molecule has 4 aliphatic rings. The van der Waals surface area contributed by atoms with Gasteiger partial charge < -0.3 is 35.8 Å². The van der Waals surface area contributed by atoms with E-state index in [1.165, 1.54) is 6.07 Å². The van der Waals surface area contributed by atoms with Gasteiger partial charge in [-0.2, -0.15) is 0 Å². The molecule has 10 nitrogen and oxygen atoms in total. The van der Waals surface area contributed by atoms with E-state index in [0.717, 1.165) is 5.69 Å². The van der Waals surface area contributed by atoms with Crippen molar-refractivity contribution in [2.24, 2.45) is 17.6 Å². The number of primary amides is 1. The Morgan fingerprint density at radius 1 is 1.12 bits per heavy atom. The lowest BCUT2D eigenvalue weighted by molar-refractivity contribution is -0.147. The van der Waals surface area contributed by atoms with E-state index in [-0.39, 0.29) is 36.1 Å². The van der Waals surface area contributed by atoms with E-state index in [9.17, 15) is 34.8 Å². The number of ether oxygens (including phenoxy) is 1. The van der Waals surface area contributed by atoms with E-state index < -0.39 is 52.0 Å². The van der Waals surface area contributed by atoms with Gasteiger partial charge >= 0.3 is 0 Å². The van der Waals surface area contributed by atoms with Crippen molar-refractivity contribution in [3.63, 3.8) is 0 Å². The molecule has 2 fully saturated rings. The predicted octanol–water partition coefficient (Wildman–Crippen LogP) is 0.260. The number of benzene rings is 1. The first-order valence-corrected chi connectivity index (χ1v) is 10.8.